The lowest BCUT2D eigenvalue weighted by Crippen LogP contribution is -2.16. The van der Waals surface area contributed by atoms with E-state index in [1.54, 1.807) is 24.3 Å². The summed E-state index contributed by atoms with van der Waals surface area (Å²) < 4.78 is 0.897. The quantitative estimate of drug-likeness (QED) is 0.764. The molecule has 4 rings (SSSR count). The molecule has 1 atom stereocenters. The molecule has 2 heterocycles. The van der Waals surface area contributed by atoms with Gasteiger partial charge < -0.3 is 10.0 Å². The van der Waals surface area contributed by atoms with Gasteiger partial charge in [0.1, 0.15) is 0 Å². The SMILES string of the molecule is Cc1cc(C(C)O)c2sc(N3Cc4ccccc4C3)cc(=O)c2c1. The van der Waals surface area contributed by atoms with Crippen molar-refractivity contribution < 1.29 is 5.11 Å². The molecule has 0 saturated heterocycles. The zero-order valence-electron chi connectivity index (χ0n) is 13.7. The Labute approximate surface area is 144 Å². The molecule has 3 aromatic rings. The fourth-order valence-electron chi connectivity index (χ4n) is 3.38. The normalized spacial score (nSPS) is 14.9. The zero-order valence-corrected chi connectivity index (χ0v) is 14.6. The third-order valence-electron chi connectivity index (χ3n) is 4.59. The first-order chi connectivity index (χ1) is 11.5. The lowest BCUT2D eigenvalue weighted by atomic mass is 10.0. The fraction of sp³-hybridized carbons (Fsp3) is 0.250. The number of anilines is 1. The summed E-state index contributed by atoms with van der Waals surface area (Å²) >= 11 is 1.60. The fourth-order valence-corrected chi connectivity index (χ4v) is 4.63. The van der Waals surface area contributed by atoms with Gasteiger partial charge in [-0.3, -0.25) is 4.79 Å². The van der Waals surface area contributed by atoms with Crippen LogP contribution in [0, 0.1) is 6.92 Å². The van der Waals surface area contributed by atoms with Gasteiger partial charge in [-0.2, -0.15) is 0 Å². The number of benzene rings is 2. The van der Waals surface area contributed by atoms with Crippen molar-refractivity contribution in [2.24, 2.45) is 0 Å². The smallest absolute Gasteiger partial charge is 0.190 e. The Kier molecular flexibility index (Phi) is 3.66. The third kappa shape index (κ3) is 2.52. The van der Waals surface area contributed by atoms with Crippen molar-refractivity contribution in [2.45, 2.75) is 33.0 Å². The molecule has 24 heavy (non-hydrogen) atoms. The second kappa shape index (κ2) is 5.72. The van der Waals surface area contributed by atoms with Crippen LogP contribution in [0.15, 0.2) is 47.3 Å². The highest BCUT2D eigenvalue weighted by Gasteiger charge is 2.21. The molecule has 0 spiro atoms. The van der Waals surface area contributed by atoms with Crippen molar-refractivity contribution >= 4 is 26.4 Å². The molecule has 1 aromatic heterocycles. The van der Waals surface area contributed by atoms with Crippen LogP contribution >= 0.6 is 11.3 Å². The average molecular weight is 337 g/mol. The second-order valence-electron chi connectivity index (χ2n) is 6.48. The highest BCUT2D eigenvalue weighted by Crippen LogP contribution is 2.36. The van der Waals surface area contributed by atoms with Gasteiger partial charge in [0.2, 0.25) is 0 Å². The Bertz CT molecular complexity index is 966. The number of aliphatic hydroxyl groups is 1. The van der Waals surface area contributed by atoms with Crippen LogP contribution in [0.25, 0.3) is 10.1 Å². The largest absolute Gasteiger partial charge is 0.389 e. The summed E-state index contributed by atoms with van der Waals surface area (Å²) in [6, 6.07) is 14.0. The summed E-state index contributed by atoms with van der Waals surface area (Å²) in [6.07, 6.45) is -0.589. The van der Waals surface area contributed by atoms with E-state index in [0.717, 1.165) is 33.9 Å². The van der Waals surface area contributed by atoms with Crippen LogP contribution in [0.4, 0.5) is 5.00 Å². The lowest BCUT2D eigenvalue weighted by molar-refractivity contribution is 0.201. The van der Waals surface area contributed by atoms with Gasteiger partial charge in [-0.25, -0.2) is 0 Å². The Morgan fingerprint density at radius 2 is 1.79 bits per heavy atom. The molecule has 122 valence electrons. The van der Waals surface area contributed by atoms with Gasteiger partial charge in [-0.1, -0.05) is 30.3 Å². The van der Waals surface area contributed by atoms with Crippen LogP contribution in [-0.2, 0) is 13.1 Å². The first kappa shape index (κ1) is 15.4. The first-order valence-electron chi connectivity index (χ1n) is 8.11. The monoisotopic (exact) mass is 337 g/mol. The second-order valence-corrected chi connectivity index (χ2v) is 7.51. The van der Waals surface area contributed by atoms with Gasteiger partial charge in [0.15, 0.2) is 5.43 Å². The van der Waals surface area contributed by atoms with Crippen molar-refractivity contribution in [1.82, 2.24) is 0 Å². The van der Waals surface area contributed by atoms with Crippen LogP contribution < -0.4 is 10.3 Å². The summed E-state index contributed by atoms with van der Waals surface area (Å²) in [4.78, 5) is 14.9. The lowest BCUT2D eigenvalue weighted by Gasteiger charge is -2.18. The highest BCUT2D eigenvalue weighted by molar-refractivity contribution is 7.22. The molecule has 0 saturated carbocycles. The minimum Gasteiger partial charge on any atom is -0.389 e. The van der Waals surface area contributed by atoms with Gasteiger partial charge in [0, 0.05) is 29.2 Å². The van der Waals surface area contributed by atoms with Crippen LogP contribution in [-0.4, -0.2) is 5.11 Å². The number of rotatable bonds is 2. The molecule has 0 fully saturated rings. The predicted octanol–water partition coefficient (Wildman–Crippen LogP) is 4.14. The molecule has 4 heteroatoms. The van der Waals surface area contributed by atoms with Gasteiger partial charge in [0.25, 0.3) is 0 Å². The highest BCUT2D eigenvalue weighted by atomic mass is 32.1. The summed E-state index contributed by atoms with van der Waals surface area (Å²) in [5.41, 5.74) is 4.50. The van der Waals surface area contributed by atoms with E-state index in [-0.39, 0.29) is 5.43 Å². The topological polar surface area (TPSA) is 40.5 Å². The maximum absolute atomic E-state index is 12.7. The van der Waals surface area contributed by atoms with Gasteiger partial charge in [-0.15, -0.1) is 11.3 Å². The molecule has 1 N–H and O–H groups in total. The van der Waals surface area contributed by atoms with E-state index in [4.69, 9.17) is 0 Å². The van der Waals surface area contributed by atoms with Crippen LogP contribution in [0.5, 0.6) is 0 Å². The molecular weight excluding hydrogens is 318 g/mol. The summed E-state index contributed by atoms with van der Waals surface area (Å²) in [5.74, 6) is 0. The van der Waals surface area contributed by atoms with Crippen LogP contribution in [0.1, 0.15) is 35.3 Å². The zero-order chi connectivity index (χ0) is 16.8. The summed E-state index contributed by atoms with van der Waals surface area (Å²) in [6.45, 7) is 5.37. The number of hydrogen-bond donors (Lipinski definition) is 1. The number of nitrogens with zero attached hydrogens (tertiary/aromatic N) is 1. The maximum Gasteiger partial charge on any atom is 0.190 e. The Morgan fingerprint density at radius 1 is 1.12 bits per heavy atom. The van der Waals surface area contributed by atoms with E-state index >= 15 is 0 Å². The molecule has 2 aromatic carbocycles. The molecule has 0 amide bonds. The molecule has 0 bridgehead atoms. The molecule has 3 nitrogen and oxygen atoms in total. The van der Waals surface area contributed by atoms with E-state index in [0.29, 0.717) is 5.39 Å². The molecule has 1 unspecified atom stereocenters. The number of aliphatic hydroxyl groups excluding tert-OH is 1. The average Bonchev–Trinajstić information content (AvgIpc) is 2.98. The van der Waals surface area contributed by atoms with Crippen molar-refractivity contribution in [1.29, 1.82) is 0 Å². The van der Waals surface area contributed by atoms with E-state index in [2.05, 4.69) is 29.2 Å². The Balaban J connectivity index is 1.85. The molecule has 1 aliphatic rings. The van der Waals surface area contributed by atoms with E-state index in [9.17, 15) is 9.90 Å². The van der Waals surface area contributed by atoms with E-state index < -0.39 is 6.10 Å². The predicted molar refractivity (Wildman–Crippen MR) is 99.8 cm³/mol. The number of hydrogen-bond acceptors (Lipinski definition) is 4. The van der Waals surface area contributed by atoms with Gasteiger partial charge >= 0.3 is 0 Å². The van der Waals surface area contributed by atoms with Gasteiger partial charge in [-0.05, 0) is 42.2 Å². The van der Waals surface area contributed by atoms with Crippen LogP contribution in [0.2, 0.25) is 0 Å². The summed E-state index contributed by atoms with van der Waals surface area (Å²) in [7, 11) is 0. The van der Waals surface area contributed by atoms with Crippen molar-refractivity contribution in [2.75, 3.05) is 4.90 Å². The van der Waals surface area contributed by atoms with E-state index in [1.165, 1.54) is 11.1 Å². The van der Waals surface area contributed by atoms with Crippen LogP contribution in [0.3, 0.4) is 0 Å². The van der Waals surface area contributed by atoms with Crippen molar-refractivity contribution in [3.63, 3.8) is 0 Å². The molecule has 0 radical (unpaired) electrons. The molecule has 1 aliphatic heterocycles. The molecular formula is C20H19NO2S. The minimum atomic E-state index is -0.589. The standard InChI is InChI=1S/C20H19NO2S/c1-12-7-16(13(2)22)20-17(8-12)18(23)9-19(24-20)21-10-14-5-3-4-6-15(14)11-21/h3-9,13,22H,10-11H2,1-2H3. The molecule has 0 aliphatic carbocycles. The number of aryl methyl sites for hydroxylation is 1. The minimum absolute atomic E-state index is 0.0281. The first-order valence-corrected chi connectivity index (χ1v) is 8.93. The van der Waals surface area contributed by atoms with Gasteiger partial charge in [0.05, 0.1) is 11.1 Å². The maximum atomic E-state index is 12.7. The van der Waals surface area contributed by atoms with Crippen molar-refractivity contribution in [3.8, 4) is 0 Å². The Morgan fingerprint density at radius 3 is 2.42 bits per heavy atom. The number of fused-ring (bicyclic) bond motifs is 2. The Hall–Kier alpha value is -2.17. The third-order valence-corrected chi connectivity index (χ3v) is 5.84. The summed E-state index contributed by atoms with van der Waals surface area (Å²) in [5, 5.41) is 11.8. The van der Waals surface area contributed by atoms with E-state index in [1.807, 2.05) is 19.1 Å². The van der Waals surface area contributed by atoms with Crippen molar-refractivity contribution in [3.05, 3.63) is 74.9 Å².